The van der Waals surface area contributed by atoms with Crippen molar-refractivity contribution in [2.24, 2.45) is 11.8 Å². The van der Waals surface area contributed by atoms with Gasteiger partial charge in [0.05, 0.1) is 0 Å². The highest BCUT2D eigenvalue weighted by molar-refractivity contribution is 5.71. The first-order valence-corrected chi connectivity index (χ1v) is 30.2. The van der Waals surface area contributed by atoms with Crippen molar-refractivity contribution in [3.05, 3.63) is 0 Å². The van der Waals surface area contributed by atoms with Gasteiger partial charge in [-0.3, -0.25) is 14.4 Å². The van der Waals surface area contributed by atoms with Crippen LogP contribution in [0.25, 0.3) is 0 Å². The number of ether oxygens (including phenoxy) is 3. The van der Waals surface area contributed by atoms with Crippen LogP contribution in [-0.2, 0) is 28.6 Å². The van der Waals surface area contributed by atoms with E-state index >= 15 is 0 Å². The first-order chi connectivity index (χ1) is 32.7. The third-order valence-corrected chi connectivity index (χ3v) is 14.0. The van der Waals surface area contributed by atoms with Crippen molar-refractivity contribution < 1.29 is 28.6 Å². The number of hydrogen-bond donors (Lipinski definition) is 0. The van der Waals surface area contributed by atoms with E-state index in [2.05, 4.69) is 34.6 Å². The molecule has 1 atom stereocenters. The summed E-state index contributed by atoms with van der Waals surface area (Å²) in [4.78, 5) is 38.2. The first kappa shape index (κ1) is 65.4. The van der Waals surface area contributed by atoms with Gasteiger partial charge in [0.15, 0.2) is 6.10 Å². The fourth-order valence-corrected chi connectivity index (χ4v) is 9.40. The lowest BCUT2D eigenvalue weighted by atomic mass is 10.0. The Morgan fingerprint density at radius 2 is 0.493 bits per heavy atom. The number of hydrogen-bond acceptors (Lipinski definition) is 6. The molecule has 0 saturated heterocycles. The second-order valence-corrected chi connectivity index (χ2v) is 21.9. The van der Waals surface area contributed by atoms with Gasteiger partial charge in [-0.2, -0.15) is 0 Å². The minimum Gasteiger partial charge on any atom is -0.462 e. The Hall–Kier alpha value is -1.59. The van der Waals surface area contributed by atoms with Crippen LogP contribution in [0.3, 0.4) is 0 Å². The Labute approximate surface area is 418 Å². The van der Waals surface area contributed by atoms with Gasteiger partial charge in [-0.25, -0.2) is 0 Å². The number of carbonyl (C=O) groups excluding carboxylic acids is 3. The molecule has 6 nitrogen and oxygen atoms in total. The van der Waals surface area contributed by atoms with Crippen molar-refractivity contribution in [1.82, 2.24) is 0 Å². The summed E-state index contributed by atoms with van der Waals surface area (Å²) in [6, 6.07) is 0. The van der Waals surface area contributed by atoms with E-state index in [0.29, 0.717) is 19.3 Å². The molecule has 0 spiro atoms. The quantitative estimate of drug-likeness (QED) is 0.0343. The van der Waals surface area contributed by atoms with Gasteiger partial charge < -0.3 is 14.2 Å². The predicted molar refractivity (Wildman–Crippen MR) is 289 cm³/mol. The van der Waals surface area contributed by atoms with E-state index in [4.69, 9.17) is 14.2 Å². The monoisotopic (exact) mass is 947 g/mol. The lowest BCUT2D eigenvalue weighted by molar-refractivity contribution is -0.167. The van der Waals surface area contributed by atoms with Crippen molar-refractivity contribution in [2.45, 2.75) is 349 Å². The molecule has 0 saturated carbocycles. The van der Waals surface area contributed by atoms with E-state index in [1.54, 1.807) is 0 Å². The van der Waals surface area contributed by atoms with Crippen molar-refractivity contribution in [3.8, 4) is 0 Å². The molecule has 398 valence electrons. The maximum Gasteiger partial charge on any atom is 0.306 e. The summed E-state index contributed by atoms with van der Waals surface area (Å²) in [5.74, 6) is 0.828. The maximum absolute atomic E-state index is 12.8. The van der Waals surface area contributed by atoms with Crippen LogP contribution in [0.2, 0.25) is 0 Å². The summed E-state index contributed by atoms with van der Waals surface area (Å²) in [5.41, 5.74) is 0. The van der Waals surface area contributed by atoms with Crippen LogP contribution in [0.1, 0.15) is 343 Å². The lowest BCUT2D eigenvalue weighted by Crippen LogP contribution is -2.30. The fraction of sp³-hybridized carbons (Fsp3) is 0.951. The van der Waals surface area contributed by atoms with E-state index in [9.17, 15) is 14.4 Å². The Morgan fingerprint density at radius 1 is 0.284 bits per heavy atom. The molecule has 0 heterocycles. The van der Waals surface area contributed by atoms with Gasteiger partial charge in [0.1, 0.15) is 13.2 Å². The number of esters is 3. The smallest absolute Gasteiger partial charge is 0.306 e. The van der Waals surface area contributed by atoms with Crippen LogP contribution < -0.4 is 0 Å². The molecule has 0 amide bonds. The van der Waals surface area contributed by atoms with Gasteiger partial charge in [-0.05, 0) is 31.1 Å². The zero-order valence-electron chi connectivity index (χ0n) is 46.0. The van der Waals surface area contributed by atoms with Gasteiger partial charge >= 0.3 is 17.9 Å². The Balaban J connectivity index is 4.26. The van der Waals surface area contributed by atoms with Crippen LogP contribution in [-0.4, -0.2) is 37.2 Å². The fourth-order valence-electron chi connectivity index (χ4n) is 9.40. The zero-order chi connectivity index (χ0) is 48.9. The molecule has 0 fully saturated rings. The summed E-state index contributed by atoms with van der Waals surface area (Å²) in [6.45, 7) is 11.4. The molecular weight excluding hydrogens is 829 g/mol. The third kappa shape index (κ3) is 55.2. The van der Waals surface area contributed by atoms with E-state index in [0.717, 1.165) is 69.6 Å². The van der Waals surface area contributed by atoms with Gasteiger partial charge in [-0.15, -0.1) is 0 Å². The Morgan fingerprint density at radius 3 is 0.731 bits per heavy atom. The molecule has 0 aromatic rings. The largest absolute Gasteiger partial charge is 0.462 e. The second kappa shape index (κ2) is 53.8. The molecule has 6 heteroatoms. The van der Waals surface area contributed by atoms with Gasteiger partial charge in [0, 0.05) is 19.3 Å². The summed E-state index contributed by atoms with van der Waals surface area (Å²) >= 11 is 0. The molecule has 67 heavy (non-hydrogen) atoms. The molecule has 0 unspecified atom stereocenters. The SMILES string of the molecule is CCCCCCCCCCCCCCCCCCCCC(=O)OC[C@H](COC(=O)CCCCCCCCCCCCCCCCCC(C)C)OC(=O)CCCCCCCCCCCCC(C)C. The molecular formula is C61H118O6. The van der Waals surface area contributed by atoms with Gasteiger partial charge in [0.2, 0.25) is 0 Å². The molecule has 0 aliphatic rings. The van der Waals surface area contributed by atoms with Gasteiger partial charge in [-0.1, -0.05) is 304 Å². The molecule has 0 N–H and O–H groups in total. The summed E-state index contributed by atoms with van der Waals surface area (Å²) in [6.07, 6.45) is 58.1. The van der Waals surface area contributed by atoms with E-state index in [-0.39, 0.29) is 31.1 Å². The number of carbonyl (C=O) groups is 3. The van der Waals surface area contributed by atoms with E-state index in [1.165, 1.54) is 231 Å². The average Bonchev–Trinajstić information content (AvgIpc) is 3.30. The van der Waals surface area contributed by atoms with Crippen molar-refractivity contribution in [2.75, 3.05) is 13.2 Å². The molecule has 0 aliphatic carbocycles. The molecule has 0 aromatic heterocycles. The van der Waals surface area contributed by atoms with Crippen LogP contribution in [0.4, 0.5) is 0 Å². The highest BCUT2D eigenvalue weighted by Gasteiger charge is 2.19. The van der Waals surface area contributed by atoms with Crippen molar-refractivity contribution in [3.63, 3.8) is 0 Å². The normalized spacial score (nSPS) is 12.0. The van der Waals surface area contributed by atoms with Crippen LogP contribution in [0, 0.1) is 11.8 Å². The predicted octanol–water partition coefficient (Wildman–Crippen LogP) is 20.0. The minimum absolute atomic E-state index is 0.0626. The third-order valence-electron chi connectivity index (χ3n) is 14.0. The van der Waals surface area contributed by atoms with E-state index < -0.39 is 6.10 Å². The highest BCUT2D eigenvalue weighted by atomic mass is 16.6. The Bertz CT molecular complexity index is 1020. The molecule has 0 bridgehead atoms. The van der Waals surface area contributed by atoms with Crippen molar-refractivity contribution in [1.29, 1.82) is 0 Å². The summed E-state index contributed by atoms with van der Waals surface area (Å²) < 4.78 is 16.9. The van der Waals surface area contributed by atoms with Crippen LogP contribution >= 0.6 is 0 Å². The standard InChI is InChI=1S/C61H118O6/c1-6-7-8-9-10-11-12-13-14-15-16-19-22-25-31-36-41-46-51-59(62)65-54-58(67-61(64)53-48-43-38-33-28-27-30-35-40-45-50-57(4)5)55-66-60(63)52-47-42-37-32-26-23-20-17-18-21-24-29-34-39-44-49-56(2)3/h56-58H,6-55H2,1-5H3/t58-/m1/s1. The van der Waals surface area contributed by atoms with Gasteiger partial charge in [0.25, 0.3) is 0 Å². The zero-order valence-corrected chi connectivity index (χ0v) is 46.0. The lowest BCUT2D eigenvalue weighted by Gasteiger charge is -2.18. The number of unbranched alkanes of at least 4 members (excludes halogenated alkanes) is 40. The maximum atomic E-state index is 12.8. The Kier molecular flexibility index (Phi) is 52.5. The van der Waals surface area contributed by atoms with Crippen LogP contribution in [0.5, 0.6) is 0 Å². The van der Waals surface area contributed by atoms with Crippen molar-refractivity contribution >= 4 is 17.9 Å². The summed E-state index contributed by atoms with van der Waals surface area (Å²) in [5, 5.41) is 0. The van der Waals surface area contributed by atoms with Crippen LogP contribution in [0.15, 0.2) is 0 Å². The average molecular weight is 948 g/mol. The first-order valence-electron chi connectivity index (χ1n) is 30.2. The molecule has 0 radical (unpaired) electrons. The van der Waals surface area contributed by atoms with E-state index in [1.807, 2.05) is 0 Å². The molecule has 0 aromatic carbocycles. The molecule has 0 rings (SSSR count). The molecule has 0 aliphatic heterocycles. The number of rotatable bonds is 55. The minimum atomic E-state index is -0.763. The summed E-state index contributed by atoms with van der Waals surface area (Å²) in [7, 11) is 0. The topological polar surface area (TPSA) is 78.9 Å². The highest BCUT2D eigenvalue weighted by Crippen LogP contribution is 2.18. The second-order valence-electron chi connectivity index (χ2n) is 21.9.